The average Bonchev–Trinajstić information content (AvgIpc) is 2.62. The Morgan fingerprint density at radius 1 is 1.21 bits per heavy atom. The summed E-state index contributed by atoms with van der Waals surface area (Å²) in [6.45, 7) is 4.28. The molecule has 1 atom stereocenters. The molecule has 1 aromatic rings. The van der Waals surface area contributed by atoms with Crippen LogP contribution in [0.2, 0.25) is 0 Å². The molecule has 1 amide bonds. The Morgan fingerprint density at radius 3 is 2.71 bits per heavy atom. The number of ether oxygens (including phenoxy) is 1. The van der Waals surface area contributed by atoms with Crippen LogP contribution in [0.4, 0.5) is 0 Å². The van der Waals surface area contributed by atoms with Gasteiger partial charge in [0.25, 0.3) is 0 Å². The Bertz CT molecular complexity index is 491. The molecular weight excluding hydrogens is 324 g/mol. The number of amides is 1. The number of halogens is 1. The molecule has 4 nitrogen and oxygen atoms in total. The lowest BCUT2D eigenvalue weighted by molar-refractivity contribution is -0.140. The zero-order valence-electron chi connectivity index (χ0n) is 14.3. The summed E-state index contributed by atoms with van der Waals surface area (Å²) in [6, 6.07) is 10.6. The summed E-state index contributed by atoms with van der Waals surface area (Å²) in [4.78, 5) is 14.8. The number of piperidine rings is 1. The summed E-state index contributed by atoms with van der Waals surface area (Å²) in [5.41, 5.74) is 1.28. The normalized spacial score (nSPS) is 22.0. The van der Waals surface area contributed by atoms with Crippen molar-refractivity contribution in [2.24, 2.45) is 5.92 Å². The number of morpholine rings is 1. The van der Waals surface area contributed by atoms with Gasteiger partial charge < -0.3 is 15.0 Å². The van der Waals surface area contributed by atoms with E-state index in [4.69, 9.17) is 4.74 Å². The van der Waals surface area contributed by atoms with Gasteiger partial charge in [-0.25, -0.2) is 0 Å². The third kappa shape index (κ3) is 5.47. The van der Waals surface area contributed by atoms with Gasteiger partial charge in [0.1, 0.15) is 0 Å². The van der Waals surface area contributed by atoms with Crippen molar-refractivity contribution in [1.29, 1.82) is 0 Å². The topological polar surface area (TPSA) is 41.6 Å². The van der Waals surface area contributed by atoms with Gasteiger partial charge in [-0.15, -0.1) is 12.4 Å². The Kier molecular flexibility index (Phi) is 8.03. The molecule has 0 spiro atoms. The molecule has 134 valence electrons. The predicted molar refractivity (Wildman–Crippen MR) is 98.5 cm³/mol. The molecule has 3 rings (SSSR count). The zero-order valence-corrected chi connectivity index (χ0v) is 15.1. The largest absolute Gasteiger partial charge is 0.377 e. The highest BCUT2D eigenvalue weighted by Crippen LogP contribution is 2.20. The van der Waals surface area contributed by atoms with Crippen LogP contribution in [0, 0.1) is 5.92 Å². The molecular formula is C19H29ClN2O2. The fourth-order valence-electron chi connectivity index (χ4n) is 3.68. The molecule has 0 saturated carbocycles. The Morgan fingerprint density at radius 2 is 1.96 bits per heavy atom. The first-order chi connectivity index (χ1) is 11.3. The van der Waals surface area contributed by atoms with E-state index in [2.05, 4.69) is 34.5 Å². The summed E-state index contributed by atoms with van der Waals surface area (Å²) in [5, 5.41) is 3.39. The minimum atomic E-state index is 0. The van der Waals surface area contributed by atoms with E-state index >= 15 is 0 Å². The van der Waals surface area contributed by atoms with E-state index in [1.165, 1.54) is 18.4 Å². The van der Waals surface area contributed by atoms with Crippen LogP contribution in [0.3, 0.4) is 0 Å². The first-order valence-electron chi connectivity index (χ1n) is 8.95. The van der Waals surface area contributed by atoms with Gasteiger partial charge in [0.2, 0.25) is 5.91 Å². The van der Waals surface area contributed by atoms with Gasteiger partial charge in [0.05, 0.1) is 19.3 Å². The lowest BCUT2D eigenvalue weighted by Crippen LogP contribution is -2.49. The standard InChI is InChI=1S/C19H28N2O2.ClH/c22-19(7-6-16-8-10-20-11-9-16)21-12-13-23-15-18(21)14-17-4-2-1-3-5-17;/h1-5,16,18,20H,6-15H2;1H. The van der Waals surface area contributed by atoms with Crippen molar-refractivity contribution >= 4 is 18.3 Å². The lowest BCUT2D eigenvalue weighted by Gasteiger charge is -2.36. The van der Waals surface area contributed by atoms with E-state index in [0.29, 0.717) is 31.5 Å². The van der Waals surface area contributed by atoms with Crippen molar-refractivity contribution in [3.63, 3.8) is 0 Å². The van der Waals surface area contributed by atoms with Crippen molar-refractivity contribution in [2.75, 3.05) is 32.8 Å². The van der Waals surface area contributed by atoms with Crippen LogP contribution >= 0.6 is 12.4 Å². The molecule has 2 fully saturated rings. The van der Waals surface area contributed by atoms with Crippen LogP contribution in [0.15, 0.2) is 30.3 Å². The van der Waals surface area contributed by atoms with Crippen LogP contribution in [0.5, 0.6) is 0 Å². The molecule has 2 aliphatic rings. The predicted octanol–water partition coefficient (Wildman–Crippen LogP) is 2.66. The van der Waals surface area contributed by atoms with Crippen molar-refractivity contribution in [2.45, 2.75) is 38.1 Å². The second-order valence-electron chi connectivity index (χ2n) is 6.74. The van der Waals surface area contributed by atoms with E-state index < -0.39 is 0 Å². The van der Waals surface area contributed by atoms with Crippen LogP contribution in [-0.2, 0) is 16.0 Å². The Balaban J connectivity index is 0.00000208. The van der Waals surface area contributed by atoms with Crippen LogP contribution in [0.25, 0.3) is 0 Å². The maximum atomic E-state index is 12.7. The number of hydrogen-bond donors (Lipinski definition) is 1. The third-order valence-corrected chi connectivity index (χ3v) is 5.09. The molecule has 0 aromatic heterocycles. The van der Waals surface area contributed by atoms with Crippen LogP contribution < -0.4 is 5.32 Å². The Labute approximate surface area is 151 Å². The molecule has 0 aliphatic carbocycles. The minimum absolute atomic E-state index is 0. The molecule has 2 saturated heterocycles. The fraction of sp³-hybridized carbons (Fsp3) is 0.632. The van der Waals surface area contributed by atoms with Crippen molar-refractivity contribution < 1.29 is 9.53 Å². The van der Waals surface area contributed by atoms with Gasteiger partial charge in [-0.3, -0.25) is 4.79 Å². The summed E-state index contributed by atoms with van der Waals surface area (Å²) in [5.74, 6) is 1.03. The maximum absolute atomic E-state index is 12.7. The zero-order chi connectivity index (χ0) is 15.9. The molecule has 2 aliphatic heterocycles. The Hall–Kier alpha value is -1.10. The third-order valence-electron chi connectivity index (χ3n) is 5.09. The highest BCUT2D eigenvalue weighted by Gasteiger charge is 2.27. The quantitative estimate of drug-likeness (QED) is 0.885. The van der Waals surface area contributed by atoms with E-state index in [-0.39, 0.29) is 18.4 Å². The smallest absolute Gasteiger partial charge is 0.222 e. The first kappa shape index (κ1) is 19.2. The number of hydrogen-bond acceptors (Lipinski definition) is 3. The van der Waals surface area contributed by atoms with Crippen molar-refractivity contribution in [3.8, 4) is 0 Å². The number of nitrogens with one attached hydrogen (secondary N) is 1. The van der Waals surface area contributed by atoms with Gasteiger partial charge in [-0.2, -0.15) is 0 Å². The van der Waals surface area contributed by atoms with Gasteiger partial charge in [0.15, 0.2) is 0 Å². The van der Waals surface area contributed by atoms with Gasteiger partial charge in [0, 0.05) is 13.0 Å². The van der Waals surface area contributed by atoms with E-state index in [9.17, 15) is 4.79 Å². The summed E-state index contributed by atoms with van der Waals surface area (Å²) >= 11 is 0. The molecule has 0 radical (unpaired) electrons. The van der Waals surface area contributed by atoms with Gasteiger partial charge in [-0.1, -0.05) is 30.3 Å². The second kappa shape index (κ2) is 10.0. The van der Waals surface area contributed by atoms with Gasteiger partial charge in [-0.05, 0) is 50.3 Å². The minimum Gasteiger partial charge on any atom is -0.377 e. The monoisotopic (exact) mass is 352 g/mol. The molecule has 1 unspecified atom stereocenters. The number of benzene rings is 1. The summed E-state index contributed by atoms with van der Waals surface area (Å²) in [6.07, 6.45) is 5.04. The highest BCUT2D eigenvalue weighted by atomic mass is 35.5. The van der Waals surface area contributed by atoms with Crippen LogP contribution in [0.1, 0.15) is 31.2 Å². The molecule has 1 aromatic carbocycles. The maximum Gasteiger partial charge on any atom is 0.222 e. The SMILES string of the molecule is Cl.O=C(CCC1CCNCC1)N1CCOCC1Cc1ccccc1. The van der Waals surface area contributed by atoms with Crippen LogP contribution in [-0.4, -0.2) is 49.7 Å². The first-order valence-corrected chi connectivity index (χ1v) is 8.95. The number of carbonyl (C=O) groups excluding carboxylic acids is 1. The van der Waals surface area contributed by atoms with Gasteiger partial charge >= 0.3 is 0 Å². The average molecular weight is 353 g/mol. The molecule has 1 N–H and O–H groups in total. The fourth-order valence-corrected chi connectivity index (χ4v) is 3.68. The summed E-state index contributed by atoms with van der Waals surface area (Å²) in [7, 11) is 0. The molecule has 5 heteroatoms. The second-order valence-corrected chi connectivity index (χ2v) is 6.74. The molecule has 24 heavy (non-hydrogen) atoms. The number of nitrogens with zero attached hydrogens (tertiary/aromatic N) is 1. The van der Waals surface area contributed by atoms with Crippen molar-refractivity contribution in [1.82, 2.24) is 10.2 Å². The lowest BCUT2D eigenvalue weighted by atomic mass is 9.92. The van der Waals surface area contributed by atoms with E-state index in [0.717, 1.165) is 32.5 Å². The molecule has 0 bridgehead atoms. The number of carbonyl (C=O) groups is 1. The number of rotatable bonds is 5. The van der Waals surface area contributed by atoms with E-state index in [1.807, 2.05) is 6.07 Å². The van der Waals surface area contributed by atoms with Crippen molar-refractivity contribution in [3.05, 3.63) is 35.9 Å². The highest BCUT2D eigenvalue weighted by molar-refractivity contribution is 5.85. The molecule has 2 heterocycles. The summed E-state index contributed by atoms with van der Waals surface area (Å²) < 4.78 is 5.63. The van der Waals surface area contributed by atoms with E-state index in [1.54, 1.807) is 0 Å².